The molecule has 1 fully saturated rings. The summed E-state index contributed by atoms with van der Waals surface area (Å²) in [6.07, 6.45) is 2.41. The molecule has 1 rings (SSSR count). The van der Waals surface area contributed by atoms with Gasteiger partial charge in [-0.2, -0.15) is 0 Å². The van der Waals surface area contributed by atoms with Crippen LogP contribution in [0.4, 0.5) is 0 Å². The first-order chi connectivity index (χ1) is 9.87. The molecule has 122 valence electrons. The molecule has 0 aliphatic carbocycles. The molecular weight excluding hydrogens is 268 g/mol. The third kappa shape index (κ3) is 5.65. The molecule has 0 aromatic carbocycles. The predicted octanol–water partition coefficient (Wildman–Crippen LogP) is 1.55. The smallest absolute Gasteiger partial charge is 0.222 e. The molecule has 1 heterocycles. The van der Waals surface area contributed by atoms with Crippen LogP contribution in [-0.4, -0.2) is 47.1 Å². The molecule has 0 aromatic rings. The highest BCUT2D eigenvalue weighted by atomic mass is 16.3. The largest absolute Gasteiger partial charge is 0.393 e. The number of carbonyl (C=O) groups excluding carboxylic acids is 2. The molecule has 0 aromatic heterocycles. The van der Waals surface area contributed by atoms with Gasteiger partial charge in [0.15, 0.2) is 0 Å². The average Bonchev–Trinajstić information content (AvgIpc) is 2.45. The number of hydrogen-bond acceptors (Lipinski definition) is 3. The molecular formula is C16H30N2O3. The van der Waals surface area contributed by atoms with Gasteiger partial charge in [0.1, 0.15) is 0 Å². The zero-order chi connectivity index (χ0) is 16.0. The molecule has 21 heavy (non-hydrogen) atoms. The van der Waals surface area contributed by atoms with Gasteiger partial charge in [-0.15, -0.1) is 0 Å². The van der Waals surface area contributed by atoms with E-state index in [1.54, 1.807) is 0 Å². The first-order valence-electron chi connectivity index (χ1n) is 8.13. The molecule has 5 nitrogen and oxygen atoms in total. The zero-order valence-corrected chi connectivity index (χ0v) is 13.8. The number of amides is 2. The van der Waals surface area contributed by atoms with E-state index in [-0.39, 0.29) is 35.8 Å². The van der Waals surface area contributed by atoms with Gasteiger partial charge in [0, 0.05) is 31.5 Å². The summed E-state index contributed by atoms with van der Waals surface area (Å²) < 4.78 is 0. The molecule has 0 radical (unpaired) electrons. The summed E-state index contributed by atoms with van der Waals surface area (Å²) in [4.78, 5) is 25.7. The lowest BCUT2D eigenvalue weighted by Crippen LogP contribution is -2.53. The lowest BCUT2D eigenvalue weighted by Gasteiger charge is -2.39. The van der Waals surface area contributed by atoms with Crippen molar-refractivity contribution >= 4 is 11.8 Å². The number of aliphatic hydroxyl groups excluding tert-OH is 1. The van der Waals surface area contributed by atoms with E-state index >= 15 is 0 Å². The quantitative estimate of drug-likeness (QED) is 0.781. The Labute approximate surface area is 128 Å². The topological polar surface area (TPSA) is 69.6 Å². The summed E-state index contributed by atoms with van der Waals surface area (Å²) in [6, 6.07) is -0.00166. The number of nitrogens with one attached hydrogen (secondary N) is 1. The zero-order valence-electron chi connectivity index (χ0n) is 13.8. The normalized spacial score (nSPS) is 24.0. The molecule has 0 saturated carbocycles. The third-order valence-electron chi connectivity index (χ3n) is 4.14. The van der Waals surface area contributed by atoms with Gasteiger partial charge in [-0.05, 0) is 25.2 Å². The minimum atomic E-state index is -0.326. The van der Waals surface area contributed by atoms with Crippen LogP contribution in [0, 0.1) is 11.8 Å². The van der Waals surface area contributed by atoms with Crippen LogP contribution in [-0.2, 0) is 9.59 Å². The fourth-order valence-corrected chi connectivity index (χ4v) is 2.83. The van der Waals surface area contributed by atoms with Gasteiger partial charge in [-0.25, -0.2) is 0 Å². The van der Waals surface area contributed by atoms with E-state index in [1.165, 1.54) is 0 Å². The number of nitrogens with zero attached hydrogens (tertiary/aromatic N) is 1. The summed E-state index contributed by atoms with van der Waals surface area (Å²) in [6.45, 7) is 8.83. The third-order valence-corrected chi connectivity index (χ3v) is 4.14. The Hall–Kier alpha value is -1.10. The number of likely N-dealkylation sites (tertiary alicyclic amines) is 1. The fourth-order valence-electron chi connectivity index (χ4n) is 2.83. The van der Waals surface area contributed by atoms with E-state index in [0.29, 0.717) is 25.9 Å². The standard InChI is InChI=1S/C16H30N2O3/c1-5-14(19)8-12-7-13(17-16(21)11(3)4)10-18(9-12)15(20)6-2/h11-14,19H,5-10H2,1-4H3,(H,17,21). The van der Waals surface area contributed by atoms with E-state index in [0.717, 1.165) is 12.8 Å². The van der Waals surface area contributed by atoms with Crippen molar-refractivity contribution < 1.29 is 14.7 Å². The van der Waals surface area contributed by atoms with Crippen LogP contribution in [0.15, 0.2) is 0 Å². The van der Waals surface area contributed by atoms with Crippen molar-refractivity contribution in [3.05, 3.63) is 0 Å². The van der Waals surface area contributed by atoms with E-state index in [4.69, 9.17) is 0 Å². The molecule has 0 bridgehead atoms. The van der Waals surface area contributed by atoms with Gasteiger partial charge in [0.25, 0.3) is 0 Å². The lowest BCUT2D eigenvalue weighted by molar-refractivity contribution is -0.135. The summed E-state index contributed by atoms with van der Waals surface area (Å²) in [5, 5.41) is 12.9. The van der Waals surface area contributed by atoms with Crippen LogP contribution in [0.3, 0.4) is 0 Å². The number of rotatable bonds is 6. The van der Waals surface area contributed by atoms with E-state index in [2.05, 4.69) is 5.32 Å². The monoisotopic (exact) mass is 298 g/mol. The van der Waals surface area contributed by atoms with Gasteiger partial charge in [0.2, 0.25) is 11.8 Å². The minimum Gasteiger partial charge on any atom is -0.393 e. The molecule has 0 spiro atoms. The number of piperidine rings is 1. The second-order valence-corrected chi connectivity index (χ2v) is 6.41. The molecule has 1 aliphatic rings. The molecule has 2 amide bonds. The highest BCUT2D eigenvalue weighted by Crippen LogP contribution is 2.23. The van der Waals surface area contributed by atoms with E-state index in [9.17, 15) is 14.7 Å². The minimum absolute atomic E-state index is 0.00166. The molecule has 1 saturated heterocycles. The first-order valence-corrected chi connectivity index (χ1v) is 8.13. The first kappa shape index (κ1) is 18.0. The Morgan fingerprint density at radius 3 is 2.48 bits per heavy atom. The fraction of sp³-hybridized carbons (Fsp3) is 0.875. The Morgan fingerprint density at radius 1 is 1.29 bits per heavy atom. The number of hydrogen-bond donors (Lipinski definition) is 2. The van der Waals surface area contributed by atoms with Crippen LogP contribution in [0.2, 0.25) is 0 Å². The Balaban J connectivity index is 2.69. The average molecular weight is 298 g/mol. The maximum atomic E-state index is 12.0. The Morgan fingerprint density at radius 2 is 1.95 bits per heavy atom. The maximum Gasteiger partial charge on any atom is 0.222 e. The molecule has 1 aliphatic heterocycles. The van der Waals surface area contributed by atoms with Gasteiger partial charge in [-0.1, -0.05) is 27.7 Å². The van der Waals surface area contributed by atoms with Crippen LogP contribution >= 0.6 is 0 Å². The second-order valence-electron chi connectivity index (χ2n) is 6.41. The van der Waals surface area contributed by atoms with Crippen molar-refractivity contribution in [2.45, 2.75) is 65.5 Å². The Kier molecular flexibility index (Phi) is 7.15. The van der Waals surface area contributed by atoms with Crippen molar-refractivity contribution in [2.75, 3.05) is 13.1 Å². The van der Waals surface area contributed by atoms with Crippen molar-refractivity contribution in [1.82, 2.24) is 10.2 Å². The van der Waals surface area contributed by atoms with Gasteiger partial charge >= 0.3 is 0 Å². The summed E-state index contributed by atoms with van der Waals surface area (Å²) in [5.41, 5.74) is 0. The van der Waals surface area contributed by atoms with Gasteiger partial charge in [0.05, 0.1) is 6.10 Å². The summed E-state index contributed by atoms with van der Waals surface area (Å²) in [5.74, 6) is 0.346. The van der Waals surface area contributed by atoms with Crippen LogP contribution in [0.5, 0.6) is 0 Å². The van der Waals surface area contributed by atoms with Crippen molar-refractivity contribution in [3.63, 3.8) is 0 Å². The van der Waals surface area contributed by atoms with Crippen LogP contribution < -0.4 is 5.32 Å². The second kappa shape index (κ2) is 8.37. The van der Waals surface area contributed by atoms with E-state index < -0.39 is 0 Å². The van der Waals surface area contributed by atoms with Gasteiger partial charge < -0.3 is 15.3 Å². The summed E-state index contributed by atoms with van der Waals surface area (Å²) >= 11 is 0. The van der Waals surface area contributed by atoms with Gasteiger partial charge in [-0.3, -0.25) is 9.59 Å². The maximum absolute atomic E-state index is 12.0. The lowest BCUT2D eigenvalue weighted by atomic mass is 9.88. The predicted molar refractivity (Wildman–Crippen MR) is 82.7 cm³/mol. The highest BCUT2D eigenvalue weighted by molar-refractivity contribution is 5.79. The number of carbonyl (C=O) groups is 2. The van der Waals surface area contributed by atoms with Crippen LogP contribution in [0.25, 0.3) is 0 Å². The molecule has 3 unspecified atom stereocenters. The molecule has 3 atom stereocenters. The van der Waals surface area contributed by atoms with E-state index in [1.807, 2.05) is 32.6 Å². The number of aliphatic hydroxyl groups is 1. The van der Waals surface area contributed by atoms with Crippen LogP contribution in [0.1, 0.15) is 53.4 Å². The highest BCUT2D eigenvalue weighted by Gasteiger charge is 2.31. The van der Waals surface area contributed by atoms with Crippen molar-refractivity contribution in [1.29, 1.82) is 0 Å². The molecule has 5 heteroatoms. The summed E-state index contributed by atoms with van der Waals surface area (Å²) in [7, 11) is 0. The van der Waals surface area contributed by atoms with Crippen molar-refractivity contribution in [3.8, 4) is 0 Å². The van der Waals surface area contributed by atoms with Crippen molar-refractivity contribution in [2.24, 2.45) is 11.8 Å². The SMILES string of the molecule is CCC(=O)N1CC(CC(O)CC)CC(NC(=O)C(C)C)C1. The Bertz CT molecular complexity index is 357. The molecule has 2 N–H and O–H groups in total.